The van der Waals surface area contributed by atoms with E-state index < -0.39 is 23.5 Å². The maximum absolute atomic E-state index is 12.9. The number of hydrogen-bond donors (Lipinski definition) is 3. The van der Waals surface area contributed by atoms with Gasteiger partial charge in [0.15, 0.2) is 0 Å². The Hall–Kier alpha value is -2.90. The first kappa shape index (κ1) is 18.9. The first-order valence-electron chi connectivity index (χ1n) is 9.17. The Labute approximate surface area is 157 Å². The molecule has 1 saturated heterocycles. The standard InChI is InChI=1S/C19H24N4O4/c1-12(16(25)21-15-8-6-14(7-9-15)20-13(2)24)23-17(26)19(22-18(23)27)10-4-3-5-11-19/h6-9,12H,3-5,10-11H2,1-2H3,(H,20,24)(H,21,25)(H,22,27)/t12-/m1/s1. The number of carbonyl (C=O) groups excluding carboxylic acids is 4. The molecule has 1 aliphatic carbocycles. The molecule has 0 aromatic heterocycles. The molecular weight excluding hydrogens is 348 g/mol. The molecule has 1 spiro atoms. The lowest BCUT2D eigenvalue weighted by Gasteiger charge is -2.31. The van der Waals surface area contributed by atoms with E-state index in [2.05, 4.69) is 16.0 Å². The van der Waals surface area contributed by atoms with Gasteiger partial charge in [-0.05, 0) is 44.0 Å². The molecule has 2 fully saturated rings. The Morgan fingerprint density at radius 1 is 1.04 bits per heavy atom. The summed E-state index contributed by atoms with van der Waals surface area (Å²) in [7, 11) is 0. The molecule has 8 heteroatoms. The largest absolute Gasteiger partial charge is 0.326 e. The fourth-order valence-corrected chi connectivity index (χ4v) is 3.69. The molecular formula is C19H24N4O4. The van der Waals surface area contributed by atoms with Gasteiger partial charge in [-0.25, -0.2) is 9.69 Å². The van der Waals surface area contributed by atoms with Crippen molar-refractivity contribution in [1.29, 1.82) is 0 Å². The minimum absolute atomic E-state index is 0.185. The molecule has 3 N–H and O–H groups in total. The molecule has 8 nitrogen and oxygen atoms in total. The fourth-order valence-electron chi connectivity index (χ4n) is 3.69. The average Bonchev–Trinajstić information content (AvgIpc) is 2.86. The highest BCUT2D eigenvalue weighted by atomic mass is 16.2. The third-order valence-corrected chi connectivity index (χ3v) is 5.14. The van der Waals surface area contributed by atoms with Gasteiger partial charge in [-0.1, -0.05) is 19.3 Å². The maximum Gasteiger partial charge on any atom is 0.325 e. The number of nitrogens with one attached hydrogen (secondary N) is 3. The lowest BCUT2D eigenvalue weighted by atomic mass is 9.81. The molecule has 0 radical (unpaired) electrons. The average molecular weight is 372 g/mol. The summed E-state index contributed by atoms with van der Waals surface area (Å²) in [6.45, 7) is 2.95. The smallest absolute Gasteiger partial charge is 0.325 e. The van der Waals surface area contributed by atoms with Crippen molar-refractivity contribution in [2.45, 2.75) is 57.5 Å². The molecule has 1 aliphatic heterocycles. The molecule has 1 aromatic carbocycles. The van der Waals surface area contributed by atoms with E-state index >= 15 is 0 Å². The highest BCUT2D eigenvalue weighted by molar-refractivity contribution is 6.11. The number of anilines is 2. The van der Waals surface area contributed by atoms with Crippen LogP contribution < -0.4 is 16.0 Å². The van der Waals surface area contributed by atoms with E-state index in [9.17, 15) is 19.2 Å². The lowest BCUT2D eigenvalue weighted by Crippen LogP contribution is -2.50. The van der Waals surface area contributed by atoms with E-state index in [-0.39, 0.29) is 11.8 Å². The second-order valence-electron chi connectivity index (χ2n) is 7.17. The van der Waals surface area contributed by atoms with Crippen LogP contribution >= 0.6 is 0 Å². The van der Waals surface area contributed by atoms with E-state index in [0.717, 1.165) is 24.2 Å². The van der Waals surface area contributed by atoms with Gasteiger partial charge in [0.2, 0.25) is 11.8 Å². The van der Waals surface area contributed by atoms with Crippen LogP contribution in [0.4, 0.5) is 16.2 Å². The molecule has 1 saturated carbocycles. The number of imide groups is 1. The van der Waals surface area contributed by atoms with Crippen LogP contribution in [-0.2, 0) is 14.4 Å². The summed E-state index contributed by atoms with van der Waals surface area (Å²) in [5.74, 6) is -0.940. The number of benzene rings is 1. The normalized spacial score (nSPS) is 19.6. The number of urea groups is 1. The quantitative estimate of drug-likeness (QED) is 0.704. The van der Waals surface area contributed by atoms with Gasteiger partial charge in [-0.2, -0.15) is 0 Å². The molecule has 3 rings (SSSR count). The van der Waals surface area contributed by atoms with Crippen molar-refractivity contribution in [3.63, 3.8) is 0 Å². The first-order valence-corrected chi connectivity index (χ1v) is 9.17. The topological polar surface area (TPSA) is 108 Å². The van der Waals surface area contributed by atoms with Gasteiger partial charge in [0.05, 0.1) is 0 Å². The summed E-state index contributed by atoms with van der Waals surface area (Å²) >= 11 is 0. The van der Waals surface area contributed by atoms with Gasteiger partial charge >= 0.3 is 6.03 Å². The lowest BCUT2D eigenvalue weighted by molar-refractivity contribution is -0.137. The number of carbonyl (C=O) groups is 4. The minimum atomic E-state index is -0.922. The van der Waals surface area contributed by atoms with Crippen molar-refractivity contribution in [3.8, 4) is 0 Å². The second kappa shape index (κ2) is 7.38. The van der Waals surface area contributed by atoms with Gasteiger partial charge in [0, 0.05) is 18.3 Å². The van der Waals surface area contributed by atoms with Crippen LogP contribution in [-0.4, -0.2) is 40.2 Å². The van der Waals surface area contributed by atoms with E-state index in [0.29, 0.717) is 24.2 Å². The zero-order valence-electron chi connectivity index (χ0n) is 15.5. The third kappa shape index (κ3) is 3.79. The van der Waals surface area contributed by atoms with Gasteiger partial charge in [0.1, 0.15) is 11.6 Å². The minimum Gasteiger partial charge on any atom is -0.326 e. The van der Waals surface area contributed by atoms with Crippen LogP contribution in [0.25, 0.3) is 0 Å². The predicted octanol–water partition coefficient (Wildman–Crippen LogP) is 2.23. The molecule has 1 heterocycles. The second-order valence-corrected chi connectivity index (χ2v) is 7.17. The summed E-state index contributed by atoms with van der Waals surface area (Å²) in [6, 6.07) is 5.17. The van der Waals surface area contributed by atoms with Gasteiger partial charge in [-0.15, -0.1) is 0 Å². The van der Waals surface area contributed by atoms with E-state index in [1.165, 1.54) is 6.92 Å². The fraction of sp³-hybridized carbons (Fsp3) is 0.474. The summed E-state index contributed by atoms with van der Waals surface area (Å²) < 4.78 is 0. The molecule has 1 aromatic rings. The van der Waals surface area contributed by atoms with E-state index in [4.69, 9.17) is 0 Å². The number of rotatable bonds is 4. The number of amides is 5. The Morgan fingerprint density at radius 2 is 1.59 bits per heavy atom. The van der Waals surface area contributed by atoms with E-state index in [1.807, 2.05) is 0 Å². The Bertz CT molecular complexity index is 768. The van der Waals surface area contributed by atoms with Gasteiger partial charge < -0.3 is 16.0 Å². The molecule has 5 amide bonds. The van der Waals surface area contributed by atoms with Crippen molar-refractivity contribution >= 4 is 35.1 Å². The molecule has 2 aliphatic rings. The van der Waals surface area contributed by atoms with Crippen molar-refractivity contribution in [2.24, 2.45) is 0 Å². The van der Waals surface area contributed by atoms with Crippen molar-refractivity contribution in [2.75, 3.05) is 10.6 Å². The van der Waals surface area contributed by atoms with Crippen molar-refractivity contribution in [3.05, 3.63) is 24.3 Å². The third-order valence-electron chi connectivity index (χ3n) is 5.14. The number of nitrogens with zero attached hydrogens (tertiary/aromatic N) is 1. The van der Waals surface area contributed by atoms with Crippen LogP contribution in [0.15, 0.2) is 24.3 Å². The summed E-state index contributed by atoms with van der Waals surface area (Å²) in [5, 5.41) is 8.16. The van der Waals surface area contributed by atoms with Crippen molar-refractivity contribution < 1.29 is 19.2 Å². The van der Waals surface area contributed by atoms with Crippen molar-refractivity contribution in [1.82, 2.24) is 10.2 Å². The zero-order chi connectivity index (χ0) is 19.6. The Kier molecular flexibility index (Phi) is 5.16. The molecule has 144 valence electrons. The van der Waals surface area contributed by atoms with Gasteiger partial charge in [-0.3, -0.25) is 14.4 Å². The highest BCUT2D eigenvalue weighted by Crippen LogP contribution is 2.34. The predicted molar refractivity (Wildman–Crippen MR) is 100 cm³/mol. The van der Waals surface area contributed by atoms with Crippen LogP contribution in [0.2, 0.25) is 0 Å². The summed E-state index contributed by atoms with van der Waals surface area (Å²) in [4.78, 5) is 49.9. The molecule has 1 atom stereocenters. The molecule has 0 bridgehead atoms. The SMILES string of the molecule is CC(=O)Nc1ccc(NC(=O)[C@@H](C)N2C(=O)NC3(CCCCC3)C2=O)cc1. The van der Waals surface area contributed by atoms with E-state index in [1.54, 1.807) is 31.2 Å². The first-order chi connectivity index (χ1) is 12.8. The van der Waals surface area contributed by atoms with Crippen LogP contribution in [0.5, 0.6) is 0 Å². The highest BCUT2D eigenvalue weighted by Gasteiger charge is 2.53. The monoisotopic (exact) mass is 372 g/mol. The number of hydrogen-bond acceptors (Lipinski definition) is 4. The van der Waals surface area contributed by atoms with Crippen LogP contribution in [0.1, 0.15) is 46.0 Å². The summed E-state index contributed by atoms with van der Waals surface area (Å²) in [5.41, 5.74) is 0.284. The Morgan fingerprint density at radius 3 is 2.15 bits per heavy atom. The van der Waals surface area contributed by atoms with Crippen LogP contribution in [0.3, 0.4) is 0 Å². The Balaban J connectivity index is 1.67. The van der Waals surface area contributed by atoms with Gasteiger partial charge in [0.25, 0.3) is 5.91 Å². The molecule has 0 unspecified atom stereocenters. The zero-order valence-corrected chi connectivity index (χ0v) is 15.5. The molecule has 27 heavy (non-hydrogen) atoms. The van der Waals surface area contributed by atoms with Crippen LogP contribution in [0, 0.1) is 0 Å². The maximum atomic E-state index is 12.9. The summed E-state index contributed by atoms with van der Waals surface area (Å²) in [6.07, 6.45) is 4.07.